The summed E-state index contributed by atoms with van der Waals surface area (Å²) in [5.41, 5.74) is -0.0504. The molecule has 0 saturated heterocycles. The van der Waals surface area contributed by atoms with E-state index in [1.54, 1.807) is 57.2 Å². The van der Waals surface area contributed by atoms with Gasteiger partial charge in [-0.3, -0.25) is 9.59 Å². The lowest BCUT2D eigenvalue weighted by Crippen LogP contribution is -2.32. The third-order valence-corrected chi connectivity index (χ3v) is 4.00. The molecule has 0 fully saturated rings. The quantitative estimate of drug-likeness (QED) is 0.278. The summed E-state index contributed by atoms with van der Waals surface area (Å²) in [6.07, 6.45) is 0. The lowest BCUT2D eigenvalue weighted by atomic mass is 9.89. The third kappa shape index (κ3) is 6.29. The molecular formula is C22H28O7P+. The summed E-state index contributed by atoms with van der Waals surface area (Å²) in [5.74, 6) is -1.28. The van der Waals surface area contributed by atoms with E-state index in [1.807, 2.05) is 6.07 Å². The average molecular weight is 435 g/mol. The van der Waals surface area contributed by atoms with Crippen LogP contribution in [0.5, 0.6) is 17.2 Å². The number of rotatable bonds is 7. The second kappa shape index (κ2) is 11.3. The van der Waals surface area contributed by atoms with E-state index in [1.165, 1.54) is 30.4 Å². The summed E-state index contributed by atoms with van der Waals surface area (Å²) < 4.78 is 29.7. The maximum absolute atomic E-state index is 13.5. The molecule has 2 unspecified atom stereocenters. The lowest BCUT2D eigenvalue weighted by Gasteiger charge is -2.24. The molecule has 30 heavy (non-hydrogen) atoms. The number of benzene rings is 2. The first-order chi connectivity index (χ1) is 14.2. The zero-order chi connectivity index (χ0) is 22.9. The summed E-state index contributed by atoms with van der Waals surface area (Å²) in [7, 11) is 5.55. The second-order valence-electron chi connectivity index (χ2n) is 7.15. The van der Waals surface area contributed by atoms with Crippen LogP contribution >= 0.6 is 9.12 Å². The van der Waals surface area contributed by atoms with E-state index in [4.69, 9.17) is 23.5 Å². The largest absolute Gasteiger partial charge is 0.496 e. The van der Waals surface area contributed by atoms with Crippen molar-refractivity contribution in [3.05, 3.63) is 53.6 Å². The van der Waals surface area contributed by atoms with Crippen LogP contribution in [-0.2, 0) is 14.1 Å². The Morgan fingerprint density at radius 2 is 1.37 bits per heavy atom. The van der Waals surface area contributed by atoms with Crippen molar-refractivity contribution in [1.82, 2.24) is 0 Å². The van der Waals surface area contributed by atoms with Gasteiger partial charge in [-0.1, -0.05) is 34.9 Å². The standard InChI is InChI=1S/C22H26O6.H2OP/c1-22(2,3)28-21(24)18(14-10-8-7-9-11-14)20(23)19-16(26-5)12-15(25-4)13-17(19)27-6;1-2/h7-13,18H,1-6H3;2H2/q;+1. The van der Waals surface area contributed by atoms with Crippen LogP contribution < -0.4 is 14.2 Å². The zero-order valence-electron chi connectivity index (χ0n) is 18.1. The van der Waals surface area contributed by atoms with Crippen molar-refractivity contribution in [3.8, 4) is 17.2 Å². The molecule has 0 aliphatic heterocycles. The highest BCUT2D eigenvalue weighted by molar-refractivity contribution is 7.00. The molecule has 7 nitrogen and oxygen atoms in total. The monoisotopic (exact) mass is 435 g/mol. The Kier molecular flexibility index (Phi) is 9.47. The van der Waals surface area contributed by atoms with E-state index >= 15 is 0 Å². The second-order valence-corrected chi connectivity index (χ2v) is 7.15. The molecule has 0 N–H and O–H groups in total. The summed E-state index contributed by atoms with van der Waals surface area (Å²) in [6.45, 7) is 5.27. The van der Waals surface area contributed by atoms with Crippen molar-refractivity contribution in [2.75, 3.05) is 21.3 Å². The Morgan fingerprint density at radius 1 is 0.867 bits per heavy atom. The first kappa shape index (κ1) is 25.1. The van der Waals surface area contributed by atoms with Gasteiger partial charge in [-0.2, -0.15) is 0 Å². The van der Waals surface area contributed by atoms with Crippen LogP contribution in [0.1, 0.15) is 42.6 Å². The molecule has 0 heterocycles. The highest BCUT2D eigenvalue weighted by atomic mass is 31.0. The van der Waals surface area contributed by atoms with Gasteiger partial charge in [-0.15, -0.1) is 0 Å². The SMILES string of the molecule is COc1cc(OC)c(C(=O)C(C(=O)OC(C)(C)C)c2ccccc2)c(OC)c1.O=[PH2+]. The summed E-state index contributed by atoms with van der Waals surface area (Å²) in [4.78, 5) is 26.5. The fourth-order valence-electron chi connectivity index (χ4n) is 2.79. The van der Waals surface area contributed by atoms with Crippen molar-refractivity contribution in [1.29, 1.82) is 0 Å². The van der Waals surface area contributed by atoms with Gasteiger partial charge in [0.1, 0.15) is 34.3 Å². The highest BCUT2D eigenvalue weighted by Crippen LogP contribution is 2.38. The van der Waals surface area contributed by atoms with Gasteiger partial charge in [-0.05, 0) is 26.3 Å². The number of ether oxygens (including phenoxy) is 4. The molecule has 0 aromatic heterocycles. The number of methoxy groups -OCH3 is 3. The maximum atomic E-state index is 13.5. The van der Waals surface area contributed by atoms with E-state index in [0.717, 1.165) is 0 Å². The average Bonchev–Trinajstić information content (AvgIpc) is 2.73. The minimum absolute atomic E-state index is 0.158. The van der Waals surface area contributed by atoms with Gasteiger partial charge in [0.2, 0.25) is 0 Å². The topological polar surface area (TPSA) is 88.1 Å². The zero-order valence-corrected chi connectivity index (χ0v) is 19.2. The fourth-order valence-corrected chi connectivity index (χ4v) is 2.79. The molecule has 2 atom stereocenters. The maximum Gasteiger partial charge on any atom is 0.321 e. The van der Waals surface area contributed by atoms with Gasteiger partial charge < -0.3 is 18.9 Å². The summed E-state index contributed by atoms with van der Waals surface area (Å²) in [5, 5.41) is 0. The predicted molar refractivity (Wildman–Crippen MR) is 116 cm³/mol. The number of carbonyl (C=O) groups is 2. The third-order valence-electron chi connectivity index (χ3n) is 4.00. The van der Waals surface area contributed by atoms with Gasteiger partial charge in [0, 0.05) is 12.1 Å². The van der Waals surface area contributed by atoms with Crippen LogP contribution in [0.25, 0.3) is 0 Å². The van der Waals surface area contributed by atoms with Crippen LogP contribution in [0.4, 0.5) is 0 Å². The van der Waals surface area contributed by atoms with Crippen molar-refractivity contribution in [2.24, 2.45) is 0 Å². The first-order valence-electron chi connectivity index (χ1n) is 9.07. The Balaban J connectivity index is 0.00000218. The predicted octanol–water partition coefficient (Wildman–Crippen LogP) is 4.23. The molecule has 0 aliphatic carbocycles. The Bertz CT molecular complexity index is 835. The molecule has 162 valence electrons. The molecule has 0 radical (unpaired) electrons. The minimum Gasteiger partial charge on any atom is -0.496 e. The van der Waals surface area contributed by atoms with Crippen molar-refractivity contribution in [2.45, 2.75) is 32.3 Å². The smallest absolute Gasteiger partial charge is 0.321 e. The normalized spacial score (nSPS) is 11.4. The number of ketones is 1. The number of esters is 1. The van der Waals surface area contributed by atoms with Gasteiger partial charge in [0.15, 0.2) is 5.78 Å². The van der Waals surface area contributed by atoms with Gasteiger partial charge in [-0.25, -0.2) is 0 Å². The number of hydrogen-bond acceptors (Lipinski definition) is 7. The van der Waals surface area contributed by atoms with Crippen molar-refractivity contribution < 1.29 is 33.1 Å². The summed E-state index contributed by atoms with van der Waals surface area (Å²) >= 11 is 0. The molecular weight excluding hydrogens is 407 g/mol. The van der Waals surface area contributed by atoms with E-state index in [2.05, 4.69) is 0 Å². The Hall–Kier alpha value is -2.92. The van der Waals surface area contributed by atoms with Crippen LogP contribution in [0, 0.1) is 0 Å². The van der Waals surface area contributed by atoms with E-state index < -0.39 is 23.3 Å². The van der Waals surface area contributed by atoms with Gasteiger partial charge in [0.05, 0.1) is 21.3 Å². The lowest BCUT2D eigenvalue weighted by molar-refractivity contribution is -0.155. The molecule has 0 amide bonds. The fraction of sp³-hybridized carbons (Fsp3) is 0.364. The van der Waals surface area contributed by atoms with Crippen LogP contribution in [-0.4, -0.2) is 38.7 Å². The highest BCUT2D eigenvalue weighted by Gasteiger charge is 2.36. The summed E-state index contributed by atoms with van der Waals surface area (Å²) in [6, 6.07) is 11.9. The molecule has 2 rings (SSSR count). The molecule has 0 bridgehead atoms. The van der Waals surface area contributed by atoms with E-state index in [0.29, 0.717) is 11.3 Å². The number of carbonyl (C=O) groups excluding carboxylic acids is 2. The van der Waals surface area contributed by atoms with Crippen molar-refractivity contribution >= 4 is 20.9 Å². The Morgan fingerprint density at radius 3 is 1.77 bits per heavy atom. The molecule has 0 spiro atoms. The van der Waals surface area contributed by atoms with Crippen molar-refractivity contribution in [3.63, 3.8) is 0 Å². The molecule has 0 aliphatic rings. The van der Waals surface area contributed by atoms with Gasteiger partial charge in [0.25, 0.3) is 0 Å². The molecule has 2 aromatic carbocycles. The molecule has 8 heteroatoms. The molecule has 2 aromatic rings. The number of Topliss-reactive ketones (excluding diaryl/α,β-unsaturated/α-hetero) is 1. The van der Waals surface area contributed by atoms with E-state index in [9.17, 15) is 9.59 Å². The van der Waals surface area contributed by atoms with Crippen LogP contribution in [0.3, 0.4) is 0 Å². The molecule has 0 saturated carbocycles. The van der Waals surface area contributed by atoms with Crippen LogP contribution in [0.15, 0.2) is 42.5 Å². The van der Waals surface area contributed by atoms with Crippen LogP contribution in [0.2, 0.25) is 0 Å². The van der Waals surface area contributed by atoms with Gasteiger partial charge >= 0.3 is 15.1 Å². The first-order valence-corrected chi connectivity index (χ1v) is 9.54. The minimum atomic E-state index is -1.16. The number of hydrogen-bond donors (Lipinski definition) is 0. The van der Waals surface area contributed by atoms with E-state index in [-0.39, 0.29) is 17.1 Å². The Labute approximate surface area is 178 Å².